The van der Waals surface area contributed by atoms with Crippen LogP contribution in [0.4, 0.5) is 5.00 Å². The van der Waals surface area contributed by atoms with Crippen LogP contribution in [-0.4, -0.2) is 61.6 Å². The number of ether oxygens (including phenoxy) is 2. The molecule has 9 heteroatoms. The van der Waals surface area contributed by atoms with Gasteiger partial charge in [0.05, 0.1) is 25.8 Å². The van der Waals surface area contributed by atoms with Gasteiger partial charge in [0.2, 0.25) is 11.8 Å². The van der Waals surface area contributed by atoms with Crippen LogP contribution in [0.15, 0.2) is 29.6 Å². The van der Waals surface area contributed by atoms with Crippen LogP contribution in [0.25, 0.3) is 11.1 Å². The van der Waals surface area contributed by atoms with Gasteiger partial charge in [0, 0.05) is 24.0 Å². The van der Waals surface area contributed by atoms with E-state index in [-0.39, 0.29) is 25.0 Å². The summed E-state index contributed by atoms with van der Waals surface area (Å²) in [6.45, 7) is 6.62. The van der Waals surface area contributed by atoms with Crippen molar-refractivity contribution < 1.29 is 23.9 Å². The minimum atomic E-state index is -0.788. The van der Waals surface area contributed by atoms with Crippen molar-refractivity contribution in [1.82, 2.24) is 10.2 Å². The number of hydrogen-bond acceptors (Lipinski definition) is 7. The molecule has 1 saturated heterocycles. The summed E-state index contributed by atoms with van der Waals surface area (Å²) in [7, 11) is 1.59. The molecule has 3 rings (SSSR count). The van der Waals surface area contributed by atoms with Gasteiger partial charge in [-0.25, -0.2) is 4.79 Å². The lowest BCUT2D eigenvalue weighted by Gasteiger charge is -2.40. The molecular formula is C22H27N3O5S. The van der Waals surface area contributed by atoms with E-state index in [0.717, 1.165) is 5.56 Å². The Balaban J connectivity index is 1.84. The van der Waals surface area contributed by atoms with E-state index in [4.69, 9.17) is 9.47 Å². The van der Waals surface area contributed by atoms with E-state index in [0.29, 0.717) is 35.0 Å². The maximum Gasteiger partial charge on any atom is 0.341 e. The van der Waals surface area contributed by atoms with E-state index in [1.54, 1.807) is 27.9 Å². The first-order valence-electron chi connectivity index (χ1n) is 10.0. The Morgan fingerprint density at radius 2 is 1.97 bits per heavy atom. The number of thiophene rings is 1. The predicted molar refractivity (Wildman–Crippen MR) is 120 cm³/mol. The Bertz CT molecular complexity index is 968. The second-order valence-corrected chi connectivity index (χ2v) is 8.47. The van der Waals surface area contributed by atoms with Crippen LogP contribution in [-0.2, 0) is 14.3 Å². The average molecular weight is 446 g/mol. The highest BCUT2D eigenvalue weighted by Crippen LogP contribution is 2.37. The van der Waals surface area contributed by atoms with Crippen molar-refractivity contribution in [3.05, 3.63) is 35.2 Å². The smallest absolute Gasteiger partial charge is 0.341 e. The Labute approximate surface area is 185 Å². The number of piperazine rings is 1. The average Bonchev–Trinajstić information content (AvgIpc) is 3.15. The zero-order chi connectivity index (χ0) is 22.6. The van der Waals surface area contributed by atoms with Crippen molar-refractivity contribution in [3.8, 4) is 16.9 Å². The number of amides is 2. The van der Waals surface area contributed by atoms with Crippen molar-refractivity contribution in [1.29, 1.82) is 0 Å². The van der Waals surface area contributed by atoms with Crippen LogP contribution >= 0.6 is 11.3 Å². The summed E-state index contributed by atoms with van der Waals surface area (Å²) in [5, 5.41) is 7.90. The summed E-state index contributed by atoms with van der Waals surface area (Å²) in [6, 6.07) is 7.32. The van der Waals surface area contributed by atoms with Gasteiger partial charge >= 0.3 is 5.97 Å². The summed E-state index contributed by atoms with van der Waals surface area (Å²) in [5.74, 6) is -0.200. The van der Waals surface area contributed by atoms with Gasteiger partial charge in [-0.15, -0.1) is 11.3 Å². The van der Waals surface area contributed by atoms with Crippen LogP contribution in [0.3, 0.4) is 0 Å². The molecule has 0 atom stereocenters. The molecule has 1 aromatic carbocycles. The number of esters is 1. The first-order valence-corrected chi connectivity index (χ1v) is 10.9. The Hall–Kier alpha value is -2.91. The summed E-state index contributed by atoms with van der Waals surface area (Å²) in [5.41, 5.74) is 1.03. The maximum absolute atomic E-state index is 12.8. The van der Waals surface area contributed by atoms with E-state index < -0.39 is 11.5 Å². The Morgan fingerprint density at radius 3 is 2.61 bits per heavy atom. The van der Waals surface area contributed by atoms with Gasteiger partial charge in [0.25, 0.3) is 0 Å². The highest BCUT2D eigenvalue weighted by molar-refractivity contribution is 7.15. The topological polar surface area (TPSA) is 97.0 Å². The predicted octanol–water partition coefficient (Wildman–Crippen LogP) is 2.75. The number of anilines is 1. The molecule has 0 spiro atoms. The maximum atomic E-state index is 12.8. The minimum absolute atomic E-state index is 0.0401. The van der Waals surface area contributed by atoms with E-state index in [2.05, 4.69) is 10.6 Å². The van der Waals surface area contributed by atoms with Crippen molar-refractivity contribution in [2.24, 2.45) is 0 Å². The monoisotopic (exact) mass is 445 g/mol. The second kappa shape index (κ2) is 9.49. The highest BCUT2D eigenvalue weighted by Gasteiger charge is 2.38. The molecule has 0 saturated carbocycles. The largest absolute Gasteiger partial charge is 0.497 e. The lowest BCUT2D eigenvalue weighted by molar-refractivity contribution is -0.136. The van der Waals surface area contributed by atoms with Gasteiger partial charge in [-0.2, -0.15) is 0 Å². The molecular weight excluding hydrogens is 418 g/mol. The van der Waals surface area contributed by atoms with Crippen molar-refractivity contribution >= 4 is 34.1 Å². The Morgan fingerprint density at radius 1 is 1.26 bits per heavy atom. The highest BCUT2D eigenvalue weighted by atomic mass is 32.1. The summed E-state index contributed by atoms with van der Waals surface area (Å²) < 4.78 is 10.4. The first-order chi connectivity index (χ1) is 14.8. The fourth-order valence-corrected chi connectivity index (χ4v) is 4.37. The molecule has 0 radical (unpaired) electrons. The van der Waals surface area contributed by atoms with E-state index in [9.17, 15) is 14.4 Å². The number of carbonyl (C=O) groups is 3. The third kappa shape index (κ3) is 4.88. The lowest BCUT2D eigenvalue weighted by Crippen LogP contribution is -2.62. The molecule has 0 unspecified atom stereocenters. The zero-order valence-electron chi connectivity index (χ0n) is 18.1. The molecule has 1 fully saturated rings. The van der Waals surface area contributed by atoms with Gasteiger partial charge in [0.15, 0.2) is 0 Å². The number of nitrogens with zero attached hydrogens (tertiary/aromatic N) is 1. The van der Waals surface area contributed by atoms with Crippen LogP contribution in [0.2, 0.25) is 0 Å². The van der Waals surface area contributed by atoms with Gasteiger partial charge in [-0.05, 0) is 38.5 Å². The molecule has 1 aromatic heterocycles. The fourth-order valence-electron chi connectivity index (χ4n) is 3.40. The van der Waals surface area contributed by atoms with E-state index in [1.807, 2.05) is 34.5 Å². The van der Waals surface area contributed by atoms with Gasteiger partial charge < -0.3 is 20.1 Å². The fraction of sp³-hybridized carbons (Fsp3) is 0.409. The van der Waals surface area contributed by atoms with E-state index >= 15 is 0 Å². The van der Waals surface area contributed by atoms with Crippen LogP contribution in [0.1, 0.15) is 31.1 Å². The number of hydrogen-bond donors (Lipinski definition) is 2. The van der Waals surface area contributed by atoms with Gasteiger partial charge in [-0.1, -0.05) is 12.1 Å². The molecule has 8 nitrogen and oxygen atoms in total. The summed E-state index contributed by atoms with van der Waals surface area (Å²) in [6.07, 6.45) is 0. The molecule has 2 heterocycles. The normalized spacial score (nSPS) is 15.8. The van der Waals surface area contributed by atoms with Crippen molar-refractivity contribution in [2.75, 3.05) is 38.7 Å². The first kappa shape index (κ1) is 22.8. The van der Waals surface area contributed by atoms with Crippen molar-refractivity contribution in [2.45, 2.75) is 26.3 Å². The standard InChI is InChI=1S/C22H27N3O5S/c1-5-30-20(27)18-16(14-6-8-15(29-4)9-7-14)13-31-19(18)24-17(26)12-25-11-10-23-21(28)22(25,2)3/h6-9,13H,5,10-12H2,1-4H3,(H,23,28)(H,24,26). The molecule has 2 amide bonds. The molecule has 2 aromatic rings. The second-order valence-electron chi connectivity index (χ2n) is 7.59. The number of carbonyl (C=O) groups excluding carboxylic acids is 3. The summed E-state index contributed by atoms with van der Waals surface area (Å²) in [4.78, 5) is 39.5. The number of benzene rings is 1. The minimum Gasteiger partial charge on any atom is -0.497 e. The van der Waals surface area contributed by atoms with Crippen LogP contribution < -0.4 is 15.4 Å². The van der Waals surface area contributed by atoms with E-state index in [1.165, 1.54) is 11.3 Å². The number of rotatable bonds is 7. The third-order valence-corrected chi connectivity index (χ3v) is 6.17. The quantitative estimate of drug-likeness (QED) is 0.636. The molecule has 31 heavy (non-hydrogen) atoms. The van der Waals surface area contributed by atoms with Crippen molar-refractivity contribution in [3.63, 3.8) is 0 Å². The molecule has 1 aliphatic rings. The molecule has 1 aliphatic heterocycles. The molecule has 0 bridgehead atoms. The SMILES string of the molecule is CCOC(=O)c1c(-c2ccc(OC)cc2)csc1NC(=O)CN1CCNC(=O)C1(C)C. The van der Waals surface area contributed by atoms with Crippen LogP contribution in [0.5, 0.6) is 5.75 Å². The van der Waals surface area contributed by atoms with Gasteiger partial charge in [-0.3, -0.25) is 14.5 Å². The Kier molecular flexibility index (Phi) is 6.97. The third-order valence-electron chi connectivity index (χ3n) is 5.27. The van der Waals surface area contributed by atoms with Crippen LogP contribution in [0, 0.1) is 0 Å². The van der Waals surface area contributed by atoms with Gasteiger partial charge in [0.1, 0.15) is 16.3 Å². The summed E-state index contributed by atoms with van der Waals surface area (Å²) >= 11 is 1.26. The number of methoxy groups -OCH3 is 1. The zero-order valence-corrected chi connectivity index (χ0v) is 18.9. The molecule has 166 valence electrons. The number of nitrogens with one attached hydrogen (secondary N) is 2. The lowest BCUT2D eigenvalue weighted by atomic mass is 9.99. The molecule has 0 aliphatic carbocycles. The molecule has 2 N–H and O–H groups in total.